The van der Waals surface area contributed by atoms with Gasteiger partial charge in [-0.05, 0) is 40.8 Å². The van der Waals surface area contributed by atoms with Crippen molar-refractivity contribution >= 4 is 44.8 Å². The van der Waals surface area contributed by atoms with Crippen LogP contribution in [-0.2, 0) is 0 Å². The third kappa shape index (κ3) is 2.62. The molecule has 0 aliphatic heterocycles. The van der Waals surface area contributed by atoms with Crippen molar-refractivity contribution in [2.24, 2.45) is 0 Å². The normalized spacial score (nSPS) is 10.8. The van der Waals surface area contributed by atoms with Crippen molar-refractivity contribution in [2.45, 2.75) is 0 Å². The zero-order valence-corrected chi connectivity index (χ0v) is 13.6. The Kier molecular flexibility index (Phi) is 3.84. The lowest BCUT2D eigenvalue weighted by Gasteiger charge is -2.10. The van der Waals surface area contributed by atoms with Gasteiger partial charge in [-0.2, -0.15) is 4.68 Å². The molecule has 0 bridgehead atoms. The zero-order valence-electron chi connectivity index (χ0n) is 10.5. The minimum Gasteiger partial charge on any atom is -0.398 e. The molecule has 21 heavy (non-hydrogen) atoms. The van der Waals surface area contributed by atoms with Crippen LogP contribution in [0.15, 0.2) is 40.9 Å². The van der Waals surface area contributed by atoms with E-state index in [9.17, 15) is 0 Å². The molecule has 2 N–H and O–H groups in total. The quantitative estimate of drug-likeness (QED) is 0.678. The number of nitrogens with zero attached hydrogens (tertiary/aromatic N) is 4. The largest absolute Gasteiger partial charge is 0.398 e. The van der Waals surface area contributed by atoms with Crippen LogP contribution in [0.4, 0.5) is 5.69 Å². The lowest BCUT2D eigenvalue weighted by molar-refractivity contribution is 0.791. The van der Waals surface area contributed by atoms with E-state index in [1.807, 2.05) is 6.07 Å². The van der Waals surface area contributed by atoms with E-state index < -0.39 is 0 Å². The second-order valence-electron chi connectivity index (χ2n) is 4.21. The fourth-order valence-electron chi connectivity index (χ4n) is 1.94. The number of anilines is 1. The van der Waals surface area contributed by atoms with Gasteiger partial charge in [-0.1, -0.05) is 45.2 Å². The maximum absolute atomic E-state index is 6.25. The SMILES string of the molecule is Nc1cccc(Cl)c1-c1nnnn1-c1ccc(Br)cc1Cl. The molecule has 1 aromatic heterocycles. The van der Waals surface area contributed by atoms with Gasteiger partial charge < -0.3 is 5.73 Å². The summed E-state index contributed by atoms with van der Waals surface area (Å²) in [5, 5.41) is 12.7. The van der Waals surface area contributed by atoms with Crippen molar-refractivity contribution in [1.82, 2.24) is 20.2 Å². The number of nitrogen functional groups attached to an aromatic ring is 1. The molecule has 0 aliphatic rings. The second kappa shape index (κ2) is 5.63. The Balaban J connectivity index is 2.22. The van der Waals surface area contributed by atoms with E-state index in [4.69, 9.17) is 28.9 Å². The number of aromatic nitrogens is 4. The van der Waals surface area contributed by atoms with E-state index in [1.165, 1.54) is 4.68 Å². The molecule has 0 saturated carbocycles. The van der Waals surface area contributed by atoms with Gasteiger partial charge in [0.2, 0.25) is 0 Å². The van der Waals surface area contributed by atoms with Gasteiger partial charge in [-0.3, -0.25) is 0 Å². The Morgan fingerprint density at radius 3 is 2.62 bits per heavy atom. The monoisotopic (exact) mass is 383 g/mol. The molecule has 0 atom stereocenters. The first kappa shape index (κ1) is 14.3. The Bertz CT molecular complexity index is 798. The first-order chi connectivity index (χ1) is 10.1. The third-order valence-electron chi connectivity index (χ3n) is 2.88. The fraction of sp³-hybridized carbons (Fsp3) is 0. The molecule has 3 aromatic rings. The lowest BCUT2D eigenvalue weighted by atomic mass is 10.1. The summed E-state index contributed by atoms with van der Waals surface area (Å²) in [5.74, 6) is 0.433. The molecular weight excluding hydrogens is 377 g/mol. The Hall–Kier alpha value is -1.63. The van der Waals surface area contributed by atoms with Crippen LogP contribution in [0.2, 0.25) is 10.0 Å². The Labute approximate surface area is 138 Å². The number of halogens is 3. The molecule has 0 aliphatic carbocycles. The number of hydrogen-bond donors (Lipinski definition) is 1. The molecule has 3 rings (SSSR count). The van der Waals surface area contributed by atoms with Crippen molar-refractivity contribution in [2.75, 3.05) is 5.73 Å². The Morgan fingerprint density at radius 1 is 1.10 bits per heavy atom. The van der Waals surface area contributed by atoms with Crippen LogP contribution in [0.3, 0.4) is 0 Å². The summed E-state index contributed by atoms with van der Waals surface area (Å²) in [4.78, 5) is 0. The molecule has 5 nitrogen and oxygen atoms in total. The van der Waals surface area contributed by atoms with Crippen molar-refractivity contribution in [3.8, 4) is 17.1 Å². The summed E-state index contributed by atoms with van der Waals surface area (Å²) in [6, 6.07) is 10.7. The maximum Gasteiger partial charge on any atom is 0.190 e. The molecule has 8 heteroatoms. The summed E-state index contributed by atoms with van der Waals surface area (Å²) in [6.07, 6.45) is 0. The van der Waals surface area contributed by atoms with Crippen LogP contribution in [0.25, 0.3) is 17.1 Å². The molecule has 0 amide bonds. The second-order valence-corrected chi connectivity index (χ2v) is 5.94. The van der Waals surface area contributed by atoms with Crippen molar-refractivity contribution in [3.05, 3.63) is 50.9 Å². The molecule has 0 spiro atoms. The molecular formula is C13H8BrCl2N5. The average Bonchev–Trinajstić information content (AvgIpc) is 2.87. The van der Waals surface area contributed by atoms with Crippen LogP contribution < -0.4 is 5.73 Å². The number of benzene rings is 2. The molecule has 0 saturated heterocycles. The highest BCUT2D eigenvalue weighted by atomic mass is 79.9. The van der Waals surface area contributed by atoms with Gasteiger partial charge >= 0.3 is 0 Å². The van der Waals surface area contributed by atoms with Gasteiger partial charge in [-0.25, -0.2) is 0 Å². The van der Waals surface area contributed by atoms with Gasteiger partial charge in [0.05, 0.1) is 21.3 Å². The predicted molar refractivity (Wildman–Crippen MR) is 86.7 cm³/mol. The molecule has 0 radical (unpaired) electrons. The van der Waals surface area contributed by atoms with Crippen molar-refractivity contribution < 1.29 is 0 Å². The van der Waals surface area contributed by atoms with E-state index in [-0.39, 0.29) is 0 Å². The summed E-state index contributed by atoms with van der Waals surface area (Å²) < 4.78 is 2.37. The minimum absolute atomic E-state index is 0.433. The summed E-state index contributed by atoms with van der Waals surface area (Å²) >= 11 is 15.8. The van der Waals surface area contributed by atoms with Crippen LogP contribution in [-0.4, -0.2) is 20.2 Å². The van der Waals surface area contributed by atoms with E-state index >= 15 is 0 Å². The first-order valence-corrected chi connectivity index (χ1v) is 7.41. The zero-order chi connectivity index (χ0) is 15.0. The molecule has 0 fully saturated rings. The van der Waals surface area contributed by atoms with Gasteiger partial charge in [0, 0.05) is 10.2 Å². The highest BCUT2D eigenvalue weighted by Gasteiger charge is 2.18. The van der Waals surface area contributed by atoms with Gasteiger partial charge in [0.25, 0.3) is 0 Å². The third-order valence-corrected chi connectivity index (χ3v) is 3.99. The van der Waals surface area contributed by atoms with Crippen LogP contribution >= 0.6 is 39.1 Å². The number of tetrazole rings is 1. The lowest BCUT2D eigenvalue weighted by Crippen LogP contribution is -2.03. The number of nitrogens with two attached hydrogens (primary N) is 1. The van der Waals surface area contributed by atoms with Crippen LogP contribution in [0, 0.1) is 0 Å². The molecule has 0 unspecified atom stereocenters. The summed E-state index contributed by atoms with van der Waals surface area (Å²) in [5.41, 5.74) is 7.69. The Morgan fingerprint density at radius 2 is 1.90 bits per heavy atom. The molecule has 106 valence electrons. The molecule has 2 aromatic carbocycles. The van der Waals surface area contributed by atoms with Crippen molar-refractivity contribution in [1.29, 1.82) is 0 Å². The van der Waals surface area contributed by atoms with Crippen molar-refractivity contribution in [3.63, 3.8) is 0 Å². The van der Waals surface area contributed by atoms with Crippen LogP contribution in [0.5, 0.6) is 0 Å². The maximum atomic E-state index is 6.25. The number of hydrogen-bond acceptors (Lipinski definition) is 4. The summed E-state index contributed by atoms with van der Waals surface area (Å²) in [6.45, 7) is 0. The standard InChI is InChI=1S/C13H8BrCl2N5/c14-7-4-5-11(9(16)6-7)21-13(18-19-20-21)12-8(15)2-1-3-10(12)17/h1-6H,17H2. The van der Waals surface area contributed by atoms with Gasteiger partial charge in [0.15, 0.2) is 5.82 Å². The predicted octanol–water partition coefficient (Wildman–Crippen LogP) is 3.98. The first-order valence-electron chi connectivity index (χ1n) is 5.86. The fourth-order valence-corrected chi connectivity index (χ4v) is 2.95. The molecule has 1 heterocycles. The van der Waals surface area contributed by atoms with Gasteiger partial charge in [0.1, 0.15) is 0 Å². The van der Waals surface area contributed by atoms with E-state index in [2.05, 4.69) is 31.5 Å². The van der Waals surface area contributed by atoms with Crippen LogP contribution in [0.1, 0.15) is 0 Å². The highest BCUT2D eigenvalue weighted by molar-refractivity contribution is 9.10. The van der Waals surface area contributed by atoms with E-state index in [1.54, 1.807) is 30.3 Å². The van der Waals surface area contributed by atoms with E-state index in [0.29, 0.717) is 32.8 Å². The topological polar surface area (TPSA) is 69.6 Å². The number of rotatable bonds is 2. The minimum atomic E-state index is 0.433. The highest BCUT2D eigenvalue weighted by Crippen LogP contribution is 2.34. The average molecular weight is 385 g/mol. The van der Waals surface area contributed by atoms with Gasteiger partial charge in [-0.15, -0.1) is 5.10 Å². The smallest absolute Gasteiger partial charge is 0.190 e. The summed E-state index contributed by atoms with van der Waals surface area (Å²) in [7, 11) is 0. The van der Waals surface area contributed by atoms with E-state index in [0.717, 1.165) is 4.47 Å².